The lowest BCUT2D eigenvalue weighted by Crippen LogP contribution is -2.00. The van der Waals surface area contributed by atoms with Gasteiger partial charge in [-0.3, -0.25) is 9.97 Å². The van der Waals surface area contributed by atoms with Crippen LogP contribution < -0.4 is 0 Å². The van der Waals surface area contributed by atoms with Crippen molar-refractivity contribution in [2.24, 2.45) is 0 Å². The average molecular weight is 384 g/mol. The van der Waals surface area contributed by atoms with E-state index in [4.69, 9.17) is 0 Å². The smallest absolute Gasteiger partial charge is 0.0273 e. The van der Waals surface area contributed by atoms with Gasteiger partial charge in [-0.1, -0.05) is 36.4 Å². The lowest BCUT2D eigenvalue weighted by Gasteiger charge is -2.21. The first kappa shape index (κ1) is 17.1. The summed E-state index contributed by atoms with van der Waals surface area (Å²) >= 11 is 0. The molecule has 0 spiro atoms. The zero-order chi connectivity index (χ0) is 19.9. The van der Waals surface area contributed by atoms with Crippen molar-refractivity contribution in [3.05, 3.63) is 103 Å². The lowest BCUT2D eigenvalue weighted by molar-refractivity contribution is 0.992. The molecule has 0 fully saturated rings. The Hall–Kier alpha value is -3.78. The molecule has 5 aromatic rings. The molecular weight excluding hydrogens is 364 g/mol. The number of fused-ring (bicyclic) bond motifs is 5. The van der Waals surface area contributed by atoms with Gasteiger partial charge in [-0.05, 0) is 104 Å². The lowest BCUT2D eigenvalue weighted by atomic mass is 9.83. The molecule has 0 amide bonds. The third-order valence-electron chi connectivity index (χ3n) is 6.12. The van der Waals surface area contributed by atoms with Crippen LogP contribution in [0.15, 0.2) is 91.5 Å². The molecular formula is C28H20N2. The van der Waals surface area contributed by atoms with Gasteiger partial charge in [-0.25, -0.2) is 0 Å². The van der Waals surface area contributed by atoms with E-state index in [9.17, 15) is 0 Å². The number of allylic oxidation sites excluding steroid dienone is 1. The summed E-state index contributed by atoms with van der Waals surface area (Å²) in [5, 5.41) is 5.23. The van der Waals surface area contributed by atoms with Crippen LogP contribution in [0.1, 0.15) is 17.5 Å². The van der Waals surface area contributed by atoms with Crippen LogP contribution in [0.3, 0.4) is 0 Å². The van der Waals surface area contributed by atoms with Crippen molar-refractivity contribution in [3.8, 4) is 22.3 Å². The summed E-state index contributed by atoms with van der Waals surface area (Å²) in [7, 11) is 0. The minimum atomic E-state index is 1.07. The summed E-state index contributed by atoms with van der Waals surface area (Å²) in [6.07, 6.45) is 14.3. The molecule has 6 rings (SSSR count). The van der Waals surface area contributed by atoms with Crippen LogP contribution in [0.25, 0.3) is 49.9 Å². The van der Waals surface area contributed by atoms with E-state index in [1.165, 1.54) is 54.9 Å². The molecule has 2 heterocycles. The SMILES string of the molecule is C1=Cc2c(c(-c3ccncc3)cc3cc(-c4ccncc4)c4ccccc4c23)CC1. The second kappa shape index (κ2) is 6.93. The predicted octanol–water partition coefficient (Wildman–Crippen LogP) is 7.08. The van der Waals surface area contributed by atoms with Crippen LogP contribution >= 0.6 is 0 Å². The van der Waals surface area contributed by atoms with Crippen LogP contribution in [0.5, 0.6) is 0 Å². The molecule has 0 saturated heterocycles. The van der Waals surface area contributed by atoms with Crippen LogP contribution in [0.2, 0.25) is 0 Å². The van der Waals surface area contributed by atoms with E-state index in [1.54, 1.807) is 0 Å². The monoisotopic (exact) mass is 384 g/mol. The largest absolute Gasteiger partial charge is 0.265 e. The number of aromatic nitrogens is 2. The fourth-order valence-electron chi connectivity index (χ4n) is 4.79. The Labute approximate surface area is 175 Å². The highest BCUT2D eigenvalue weighted by atomic mass is 14.6. The van der Waals surface area contributed by atoms with Gasteiger partial charge in [0.15, 0.2) is 0 Å². The van der Waals surface area contributed by atoms with Gasteiger partial charge < -0.3 is 0 Å². The van der Waals surface area contributed by atoms with E-state index in [-0.39, 0.29) is 0 Å². The zero-order valence-electron chi connectivity index (χ0n) is 16.5. The molecule has 2 heteroatoms. The summed E-state index contributed by atoms with van der Waals surface area (Å²) in [5.41, 5.74) is 7.81. The average Bonchev–Trinajstić information content (AvgIpc) is 2.84. The molecule has 1 aliphatic carbocycles. The third-order valence-corrected chi connectivity index (χ3v) is 6.12. The van der Waals surface area contributed by atoms with Gasteiger partial charge in [0, 0.05) is 24.8 Å². The summed E-state index contributed by atoms with van der Waals surface area (Å²) in [4.78, 5) is 8.43. The molecule has 0 atom stereocenters. The van der Waals surface area contributed by atoms with Crippen molar-refractivity contribution in [2.45, 2.75) is 12.8 Å². The van der Waals surface area contributed by atoms with Crippen molar-refractivity contribution in [3.63, 3.8) is 0 Å². The highest BCUT2D eigenvalue weighted by Crippen LogP contribution is 2.42. The molecule has 30 heavy (non-hydrogen) atoms. The maximum atomic E-state index is 4.22. The molecule has 0 saturated carbocycles. The minimum Gasteiger partial charge on any atom is -0.265 e. The van der Waals surface area contributed by atoms with E-state index < -0.39 is 0 Å². The Morgan fingerprint density at radius 1 is 0.667 bits per heavy atom. The highest BCUT2D eigenvalue weighted by Gasteiger charge is 2.18. The van der Waals surface area contributed by atoms with Crippen LogP contribution in [-0.4, -0.2) is 9.97 Å². The van der Waals surface area contributed by atoms with E-state index in [1.807, 2.05) is 24.8 Å². The van der Waals surface area contributed by atoms with E-state index in [0.29, 0.717) is 0 Å². The van der Waals surface area contributed by atoms with Crippen molar-refractivity contribution < 1.29 is 0 Å². The second-order valence-corrected chi connectivity index (χ2v) is 7.80. The topological polar surface area (TPSA) is 25.8 Å². The van der Waals surface area contributed by atoms with Gasteiger partial charge in [0.25, 0.3) is 0 Å². The first-order valence-corrected chi connectivity index (χ1v) is 10.4. The predicted molar refractivity (Wildman–Crippen MR) is 125 cm³/mol. The first-order valence-electron chi connectivity index (χ1n) is 10.4. The molecule has 0 aliphatic heterocycles. The molecule has 0 bridgehead atoms. The molecule has 142 valence electrons. The Morgan fingerprint density at radius 3 is 2.03 bits per heavy atom. The van der Waals surface area contributed by atoms with Gasteiger partial charge in [0.05, 0.1) is 0 Å². The van der Waals surface area contributed by atoms with Gasteiger partial charge in [-0.15, -0.1) is 0 Å². The number of hydrogen-bond acceptors (Lipinski definition) is 2. The fourth-order valence-corrected chi connectivity index (χ4v) is 4.79. The van der Waals surface area contributed by atoms with Crippen LogP contribution in [-0.2, 0) is 6.42 Å². The molecule has 2 aromatic heterocycles. The molecule has 0 N–H and O–H groups in total. The number of rotatable bonds is 2. The Kier molecular flexibility index (Phi) is 3.95. The van der Waals surface area contributed by atoms with Crippen molar-refractivity contribution in [1.29, 1.82) is 0 Å². The Bertz CT molecular complexity index is 1420. The van der Waals surface area contributed by atoms with E-state index in [0.717, 1.165) is 12.8 Å². The standard InChI is InChI=1S/C28H20N2/c1-3-7-24-22(5-1)26(19-9-13-29-14-10-19)17-21-18-27(20-11-15-30-16-12-20)23-6-2-4-8-25(23)28(21)24/h1,3-5,7-18H,2,6H2. The van der Waals surface area contributed by atoms with Crippen LogP contribution in [0, 0.1) is 0 Å². The Morgan fingerprint density at radius 2 is 1.30 bits per heavy atom. The summed E-state index contributed by atoms with van der Waals surface area (Å²) in [5.74, 6) is 0. The summed E-state index contributed by atoms with van der Waals surface area (Å²) in [6, 6.07) is 21.9. The second-order valence-electron chi connectivity index (χ2n) is 7.80. The van der Waals surface area contributed by atoms with Gasteiger partial charge in [0.2, 0.25) is 0 Å². The molecule has 0 radical (unpaired) electrons. The number of hydrogen-bond donors (Lipinski definition) is 0. The molecule has 0 unspecified atom stereocenters. The summed E-state index contributed by atoms with van der Waals surface area (Å²) in [6.45, 7) is 0. The highest BCUT2D eigenvalue weighted by molar-refractivity contribution is 6.17. The number of nitrogens with zero attached hydrogens (tertiary/aromatic N) is 2. The first-order chi connectivity index (χ1) is 14.9. The zero-order valence-corrected chi connectivity index (χ0v) is 16.5. The van der Waals surface area contributed by atoms with Gasteiger partial charge >= 0.3 is 0 Å². The van der Waals surface area contributed by atoms with Crippen molar-refractivity contribution >= 4 is 27.6 Å². The van der Waals surface area contributed by atoms with Gasteiger partial charge in [-0.2, -0.15) is 0 Å². The summed E-state index contributed by atoms with van der Waals surface area (Å²) < 4.78 is 0. The fraction of sp³-hybridized carbons (Fsp3) is 0.0714. The van der Waals surface area contributed by atoms with Crippen molar-refractivity contribution in [2.75, 3.05) is 0 Å². The van der Waals surface area contributed by atoms with E-state index in [2.05, 4.69) is 82.8 Å². The van der Waals surface area contributed by atoms with Crippen molar-refractivity contribution in [1.82, 2.24) is 9.97 Å². The molecule has 1 aliphatic rings. The quantitative estimate of drug-likeness (QED) is 0.304. The maximum Gasteiger partial charge on any atom is 0.0273 e. The number of benzene rings is 3. The third kappa shape index (κ3) is 2.65. The Balaban J connectivity index is 1.78. The van der Waals surface area contributed by atoms with Gasteiger partial charge in [0.1, 0.15) is 0 Å². The number of pyridine rings is 2. The van der Waals surface area contributed by atoms with Crippen LogP contribution in [0.4, 0.5) is 0 Å². The minimum absolute atomic E-state index is 1.07. The molecule has 3 aromatic carbocycles. The normalized spacial score (nSPS) is 12.9. The maximum absolute atomic E-state index is 4.22. The molecule has 2 nitrogen and oxygen atoms in total. The van der Waals surface area contributed by atoms with E-state index >= 15 is 0 Å².